The van der Waals surface area contributed by atoms with Gasteiger partial charge in [-0.3, -0.25) is 0 Å². The van der Waals surface area contributed by atoms with Gasteiger partial charge in [0.25, 0.3) is 0 Å². The zero-order valence-electron chi connectivity index (χ0n) is 17.4. The highest BCUT2D eigenvalue weighted by Gasteiger charge is 2.20. The van der Waals surface area contributed by atoms with Crippen molar-refractivity contribution in [2.45, 2.75) is 13.1 Å². The molecule has 4 aromatic carbocycles. The highest BCUT2D eigenvalue weighted by Crippen LogP contribution is 2.25. The Labute approximate surface area is 182 Å². The summed E-state index contributed by atoms with van der Waals surface area (Å²) >= 11 is 0. The Morgan fingerprint density at radius 3 is 1.55 bits per heavy atom. The number of hydrogen-bond acceptors (Lipinski definition) is 3. The van der Waals surface area contributed by atoms with Crippen molar-refractivity contribution in [3.8, 4) is 11.1 Å². The van der Waals surface area contributed by atoms with Crippen molar-refractivity contribution in [3.05, 3.63) is 131 Å². The van der Waals surface area contributed by atoms with Gasteiger partial charge in [-0.15, -0.1) is 0 Å². The summed E-state index contributed by atoms with van der Waals surface area (Å²) in [5.41, 5.74) is 6.83. The Bertz CT molecular complexity index is 1220. The Hall–Kier alpha value is -3.98. The van der Waals surface area contributed by atoms with Gasteiger partial charge < -0.3 is 5.32 Å². The maximum absolute atomic E-state index is 4.93. The SMILES string of the molecule is Cc1ccc(-c2ccc(C3=NC(c4ccccc4)N=C(c4ccccc4)N3)cc2)cc1. The van der Waals surface area contributed by atoms with Crippen LogP contribution in [0.4, 0.5) is 0 Å². The van der Waals surface area contributed by atoms with Crippen LogP contribution < -0.4 is 5.32 Å². The van der Waals surface area contributed by atoms with Gasteiger partial charge in [0.05, 0.1) is 0 Å². The molecule has 0 aliphatic carbocycles. The van der Waals surface area contributed by atoms with Crippen LogP contribution >= 0.6 is 0 Å². The normalized spacial score (nSPS) is 15.6. The van der Waals surface area contributed by atoms with Gasteiger partial charge in [0.2, 0.25) is 0 Å². The fraction of sp³-hybridized carbons (Fsp3) is 0.0714. The fourth-order valence-electron chi connectivity index (χ4n) is 3.68. The first-order chi connectivity index (χ1) is 15.3. The van der Waals surface area contributed by atoms with E-state index < -0.39 is 0 Å². The van der Waals surface area contributed by atoms with Gasteiger partial charge in [-0.25, -0.2) is 9.98 Å². The van der Waals surface area contributed by atoms with Crippen LogP contribution in [0.25, 0.3) is 11.1 Å². The van der Waals surface area contributed by atoms with Gasteiger partial charge in [-0.05, 0) is 23.6 Å². The third-order valence-corrected chi connectivity index (χ3v) is 5.43. The quantitative estimate of drug-likeness (QED) is 0.437. The summed E-state index contributed by atoms with van der Waals surface area (Å²) in [6.45, 7) is 2.11. The monoisotopic (exact) mass is 401 g/mol. The molecule has 0 saturated carbocycles. The summed E-state index contributed by atoms with van der Waals surface area (Å²) in [5, 5.41) is 3.45. The van der Waals surface area contributed by atoms with Crippen LogP contribution in [0.1, 0.15) is 28.4 Å². The molecule has 0 fully saturated rings. The first-order valence-electron chi connectivity index (χ1n) is 10.5. The molecule has 1 aliphatic rings. The molecule has 31 heavy (non-hydrogen) atoms. The van der Waals surface area contributed by atoms with Gasteiger partial charge in [0.15, 0.2) is 6.17 Å². The van der Waals surface area contributed by atoms with E-state index in [1.165, 1.54) is 16.7 Å². The first-order valence-corrected chi connectivity index (χ1v) is 10.5. The van der Waals surface area contributed by atoms with Crippen LogP contribution in [0.5, 0.6) is 0 Å². The predicted molar refractivity (Wildman–Crippen MR) is 128 cm³/mol. The molecule has 5 rings (SSSR count). The summed E-state index contributed by atoms with van der Waals surface area (Å²) in [6.07, 6.45) is -0.274. The Morgan fingerprint density at radius 1 is 0.516 bits per heavy atom. The third-order valence-electron chi connectivity index (χ3n) is 5.43. The van der Waals surface area contributed by atoms with Crippen LogP contribution in [0, 0.1) is 6.92 Å². The minimum absolute atomic E-state index is 0.274. The van der Waals surface area contributed by atoms with Crippen molar-refractivity contribution in [1.82, 2.24) is 5.32 Å². The topological polar surface area (TPSA) is 36.8 Å². The average Bonchev–Trinajstić information content (AvgIpc) is 2.85. The molecule has 0 spiro atoms. The fourth-order valence-corrected chi connectivity index (χ4v) is 3.68. The van der Waals surface area contributed by atoms with Crippen LogP contribution in [0.2, 0.25) is 0 Å². The Kier molecular flexibility index (Phi) is 5.16. The van der Waals surface area contributed by atoms with Crippen molar-refractivity contribution in [3.63, 3.8) is 0 Å². The van der Waals surface area contributed by atoms with Gasteiger partial charge in [0, 0.05) is 11.1 Å². The highest BCUT2D eigenvalue weighted by molar-refractivity contribution is 6.15. The van der Waals surface area contributed by atoms with E-state index in [4.69, 9.17) is 9.98 Å². The van der Waals surface area contributed by atoms with E-state index in [1.54, 1.807) is 0 Å². The highest BCUT2D eigenvalue weighted by atomic mass is 15.2. The number of amidine groups is 2. The second-order valence-corrected chi connectivity index (χ2v) is 7.67. The van der Waals surface area contributed by atoms with E-state index in [-0.39, 0.29) is 6.17 Å². The Morgan fingerprint density at radius 2 is 0.968 bits per heavy atom. The van der Waals surface area contributed by atoms with Gasteiger partial charge in [-0.1, -0.05) is 115 Å². The molecule has 1 unspecified atom stereocenters. The van der Waals surface area contributed by atoms with E-state index in [2.05, 4.69) is 85.0 Å². The van der Waals surface area contributed by atoms with E-state index in [9.17, 15) is 0 Å². The number of rotatable bonds is 4. The summed E-state index contributed by atoms with van der Waals surface area (Å²) in [6, 6.07) is 37.6. The second kappa shape index (κ2) is 8.41. The number of nitrogens with one attached hydrogen (secondary N) is 1. The molecule has 0 aromatic heterocycles. The van der Waals surface area contributed by atoms with Crippen molar-refractivity contribution in [2.75, 3.05) is 0 Å². The van der Waals surface area contributed by atoms with E-state index in [0.717, 1.165) is 28.4 Å². The molecule has 0 radical (unpaired) electrons. The van der Waals surface area contributed by atoms with Crippen molar-refractivity contribution in [2.24, 2.45) is 9.98 Å². The minimum Gasteiger partial charge on any atom is -0.324 e. The lowest BCUT2D eigenvalue weighted by atomic mass is 10.0. The van der Waals surface area contributed by atoms with E-state index >= 15 is 0 Å². The third kappa shape index (κ3) is 4.17. The van der Waals surface area contributed by atoms with Crippen LogP contribution in [0.15, 0.2) is 119 Å². The molecule has 1 heterocycles. The number of nitrogens with zero attached hydrogens (tertiary/aromatic N) is 2. The number of benzene rings is 4. The first kappa shape index (κ1) is 19.0. The molecule has 1 N–H and O–H groups in total. The average molecular weight is 402 g/mol. The molecular formula is C28H23N3. The smallest absolute Gasteiger partial charge is 0.169 e. The van der Waals surface area contributed by atoms with Gasteiger partial charge in [0.1, 0.15) is 11.7 Å². The standard InChI is InChI=1S/C28H23N3/c1-20-12-14-21(15-13-20)22-16-18-25(19-17-22)28-30-26(23-8-4-2-5-9-23)29-27(31-28)24-10-6-3-7-11-24/h2-19,26H,1H3,(H,29,30,31). The molecule has 150 valence electrons. The second-order valence-electron chi connectivity index (χ2n) is 7.67. The minimum atomic E-state index is -0.274. The summed E-state index contributed by atoms with van der Waals surface area (Å²) in [7, 11) is 0. The summed E-state index contributed by atoms with van der Waals surface area (Å²) < 4.78 is 0. The molecule has 1 aliphatic heterocycles. The maximum Gasteiger partial charge on any atom is 0.169 e. The summed E-state index contributed by atoms with van der Waals surface area (Å²) in [5.74, 6) is 1.67. The zero-order valence-corrected chi connectivity index (χ0v) is 17.4. The van der Waals surface area contributed by atoms with Crippen molar-refractivity contribution < 1.29 is 0 Å². The lowest BCUT2D eigenvalue weighted by Crippen LogP contribution is -2.36. The van der Waals surface area contributed by atoms with Gasteiger partial charge in [-0.2, -0.15) is 0 Å². The molecule has 0 amide bonds. The zero-order chi connectivity index (χ0) is 21.0. The molecular weight excluding hydrogens is 378 g/mol. The van der Waals surface area contributed by atoms with Crippen molar-refractivity contribution in [1.29, 1.82) is 0 Å². The predicted octanol–water partition coefficient (Wildman–Crippen LogP) is 6.16. The largest absolute Gasteiger partial charge is 0.324 e. The molecule has 3 nitrogen and oxygen atoms in total. The molecule has 0 saturated heterocycles. The van der Waals surface area contributed by atoms with E-state index in [1.807, 2.05) is 36.4 Å². The molecule has 0 bridgehead atoms. The lowest BCUT2D eigenvalue weighted by molar-refractivity contribution is 0.756. The Balaban J connectivity index is 1.50. The lowest BCUT2D eigenvalue weighted by Gasteiger charge is -2.22. The van der Waals surface area contributed by atoms with Crippen LogP contribution in [0.3, 0.4) is 0 Å². The molecule has 1 atom stereocenters. The number of hydrogen-bond donors (Lipinski definition) is 1. The number of aryl methyl sites for hydroxylation is 1. The van der Waals surface area contributed by atoms with Crippen LogP contribution in [-0.2, 0) is 0 Å². The van der Waals surface area contributed by atoms with E-state index in [0.29, 0.717) is 0 Å². The summed E-state index contributed by atoms with van der Waals surface area (Å²) in [4.78, 5) is 9.82. The number of aliphatic imine (C=N–C) groups is 2. The van der Waals surface area contributed by atoms with Crippen molar-refractivity contribution >= 4 is 11.7 Å². The molecule has 4 aromatic rings. The van der Waals surface area contributed by atoms with Gasteiger partial charge >= 0.3 is 0 Å². The molecule has 3 heteroatoms. The maximum atomic E-state index is 4.93. The van der Waals surface area contributed by atoms with Crippen LogP contribution in [-0.4, -0.2) is 11.7 Å².